The fourth-order valence-electron chi connectivity index (χ4n) is 1.88. The number of halogens is 1. The molecule has 2 aromatic rings. The molecule has 21 heavy (non-hydrogen) atoms. The lowest BCUT2D eigenvalue weighted by Crippen LogP contribution is -1.93. The zero-order valence-corrected chi connectivity index (χ0v) is 11.5. The van der Waals surface area contributed by atoms with E-state index in [0.717, 1.165) is 25.5 Å². The van der Waals surface area contributed by atoms with Gasteiger partial charge in [0.2, 0.25) is 5.95 Å². The number of aryl methyl sites for hydroxylation is 1. The molecule has 0 saturated heterocycles. The highest BCUT2D eigenvalue weighted by Gasteiger charge is 2.01. The van der Waals surface area contributed by atoms with Crippen LogP contribution in [0, 0.1) is 17.8 Å². The van der Waals surface area contributed by atoms with E-state index < -0.39 is 5.95 Å². The van der Waals surface area contributed by atoms with Crippen LogP contribution in [-0.2, 0) is 6.42 Å². The van der Waals surface area contributed by atoms with E-state index in [1.54, 1.807) is 0 Å². The summed E-state index contributed by atoms with van der Waals surface area (Å²) in [7, 11) is 0. The van der Waals surface area contributed by atoms with Gasteiger partial charge in [0.15, 0.2) is 0 Å². The standard InChI is InChI=1S/C17H15FN2O/c18-17-16(13-20-21)11-15(12-19-17)10-6-2-5-9-14-7-3-1-4-8-14/h1,3-4,7-8,11-13,21H,2,5,9H2/b20-13-. The number of nitrogens with zero attached hydrogens (tertiary/aromatic N) is 2. The Morgan fingerprint density at radius 1 is 1.29 bits per heavy atom. The molecule has 0 amide bonds. The highest BCUT2D eigenvalue weighted by atomic mass is 19.1. The van der Waals surface area contributed by atoms with Crippen molar-refractivity contribution in [2.75, 3.05) is 0 Å². The molecular weight excluding hydrogens is 267 g/mol. The summed E-state index contributed by atoms with van der Waals surface area (Å²) < 4.78 is 13.2. The summed E-state index contributed by atoms with van der Waals surface area (Å²) >= 11 is 0. The second-order valence-corrected chi connectivity index (χ2v) is 4.49. The van der Waals surface area contributed by atoms with Gasteiger partial charge in [-0.25, -0.2) is 4.98 Å². The molecule has 3 nitrogen and oxygen atoms in total. The van der Waals surface area contributed by atoms with Gasteiger partial charge in [0.25, 0.3) is 0 Å². The summed E-state index contributed by atoms with van der Waals surface area (Å²) in [6, 6.07) is 11.7. The van der Waals surface area contributed by atoms with Crippen molar-refractivity contribution in [2.24, 2.45) is 5.16 Å². The number of hydrogen-bond donors (Lipinski definition) is 1. The van der Waals surface area contributed by atoms with E-state index in [2.05, 4.69) is 34.1 Å². The number of oxime groups is 1. The van der Waals surface area contributed by atoms with Crippen molar-refractivity contribution in [2.45, 2.75) is 19.3 Å². The quantitative estimate of drug-likeness (QED) is 0.233. The van der Waals surface area contributed by atoms with Gasteiger partial charge in [-0.1, -0.05) is 47.3 Å². The molecule has 0 aliphatic heterocycles. The Labute approximate surface area is 123 Å². The molecule has 0 aliphatic carbocycles. The fraction of sp³-hybridized carbons (Fsp3) is 0.176. The smallest absolute Gasteiger partial charge is 0.221 e. The van der Waals surface area contributed by atoms with Gasteiger partial charge in [0.1, 0.15) is 0 Å². The summed E-state index contributed by atoms with van der Waals surface area (Å²) in [5, 5.41) is 11.2. The van der Waals surface area contributed by atoms with Crippen LogP contribution in [0.3, 0.4) is 0 Å². The summed E-state index contributed by atoms with van der Waals surface area (Å²) in [6.45, 7) is 0. The lowest BCUT2D eigenvalue weighted by atomic mass is 10.1. The fourth-order valence-corrected chi connectivity index (χ4v) is 1.88. The van der Waals surface area contributed by atoms with E-state index in [9.17, 15) is 4.39 Å². The van der Waals surface area contributed by atoms with E-state index in [1.165, 1.54) is 17.8 Å². The van der Waals surface area contributed by atoms with Crippen molar-refractivity contribution >= 4 is 6.21 Å². The monoisotopic (exact) mass is 282 g/mol. The second kappa shape index (κ2) is 7.81. The largest absolute Gasteiger partial charge is 0.411 e. The van der Waals surface area contributed by atoms with Gasteiger partial charge in [0.05, 0.1) is 11.8 Å². The molecule has 0 unspecified atom stereocenters. The molecule has 1 heterocycles. The number of benzene rings is 1. The van der Waals surface area contributed by atoms with Gasteiger partial charge in [-0.3, -0.25) is 0 Å². The van der Waals surface area contributed by atoms with E-state index in [0.29, 0.717) is 5.56 Å². The molecule has 4 heteroatoms. The maximum absolute atomic E-state index is 13.2. The van der Waals surface area contributed by atoms with Crippen molar-refractivity contribution in [3.63, 3.8) is 0 Å². The molecule has 0 spiro atoms. The minimum Gasteiger partial charge on any atom is -0.411 e. The zero-order valence-electron chi connectivity index (χ0n) is 11.5. The normalized spacial score (nSPS) is 10.3. The third kappa shape index (κ3) is 4.73. The highest BCUT2D eigenvalue weighted by Crippen LogP contribution is 2.06. The number of rotatable bonds is 4. The zero-order chi connectivity index (χ0) is 14.9. The van der Waals surface area contributed by atoms with Crippen LogP contribution in [0.1, 0.15) is 29.5 Å². The number of aromatic nitrogens is 1. The lowest BCUT2D eigenvalue weighted by molar-refractivity contribution is 0.321. The Bertz CT molecular complexity index is 672. The van der Waals surface area contributed by atoms with Gasteiger partial charge in [-0.2, -0.15) is 4.39 Å². The van der Waals surface area contributed by atoms with Crippen LogP contribution in [0.25, 0.3) is 0 Å². The molecule has 2 rings (SSSR count). The third-order valence-electron chi connectivity index (χ3n) is 2.91. The van der Waals surface area contributed by atoms with E-state index in [1.807, 2.05) is 18.2 Å². The Balaban J connectivity index is 1.89. The molecule has 0 saturated carbocycles. The van der Waals surface area contributed by atoms with Gasteiger partial charge in [-0.15, -0.1) is 0 Å². The maximum atomic E-state index is 13.2. The SMILES string of the molecule is O/N=C\c1cc(C#CCCCc2ccccc2)cnc1F. The van der Waals surface area contributed by atoms with Gasteiger partial charge in [-0.05, 0) is 24.5 Å². The second-order valence-electron chi connectivity index (χ2n) is 4.49. The first-order chi connectivity index (χ1) is 10.3. The van der Waals surface area contributed by atoms with Crippen LogP contribution < -0.4 is 0 Å². The van der Waals surface area contributed by atoms with Crippen molar-refractivity contribution in [3.05, 3.63) is 65.2 Å². The number of hydrogen-bond acceptors (Lipinski definition) is 3. The molecule has 1 aromatic heterocycles. The number of pyridine rings is 1. The molecular formula is C17H15FN2O. The molecule has 106 valence electrons. The summed E-state index contributed by atoms with van der Waals surface area (Å²) in [5.74, 6) is 5.30. The van der Waals surface area contributed by atoms with Crippen molar-refractivity contribution in [1.82, 2.24) is 4.98 Å². The molecule has 1 N–H and O–H groups in total. The van der Waals surface area contributed by atoms with Crippen LogP contribution in [-0.4, -0.2) is 16.4 Å². The Morgan fingerprint density at radius 3 is 2.86 bits per heavy atom. The van der Waals surface area contributed by atoms with E-state index in [4.69, 9.17) is 5.21 Å². The van der Waals surface area contributed by atoms with Crippen LogP contribution >= 0.6 is 0 Å². The summed E-state index contributed by atoms with van der Waals surface area (Å²) in [6.07, 6.45) is 5.09. The average molecular weight is 282 g/mol. The summed E-state index contributed by atoms with van der Waals surface area (Å²) in [5.41, 5.74) is 2.02. The predicted octanol–water partition coefficient (Wildman–Crippen LogP) is 3.40. The van der Waals surface area contributed by atoms with E-state index >= 15 is 0 Å². The van der Waals surface area contributed by atoms with Crippen LogP contribution in [0.2, 0.25) is 0 Å². The lowest BCUT2D eigenvalue weighted by Gasteiger charge is -1.97. The predicted molar refractivity (Wildman–Crippen MR) is 79.8 cm³/mol. The molecule has 1 aromatic carbocycles. The first-order valence-electron chi connectivity index (χ1n) is 6.65. The van der Waals surface area contributed by atoms with Crippen molar-refractivity contribution in [1.29, 1.82) is 0 Å². The van der Waals surface area contributed by atoms with Gasteiger partial charge in [0, 0.05) is 18.2 Å². The van der Waals surface area contributed by atoms with Gasteiger partial charge >= 0.3 is 0 Å². The number of unbranched alkanes of at least 4 members (excludes halogenated alkanes) is 1. The molecule has 0 atom stereocenters. The molecule has 0 fully saturated rings. The molecule has 0 radical (unpaired) electrons. The molecule has 0 aliphatic rings. The Morgan fingerprint density at radius 2 is 2.10 bits per heavy atom. The highest BCUT2D eigenvalue weighted by molar-refractivity contribution is 5.79. The van der Waals surface area contributed by atoms with Gasteiger partial charge < -0.3 is 5.21 Å². The topological polar surface area (TPSA) is 45.5 Å². The molecule has 0 bridgehead atoms. The third-order valence-corrected chi connectivity index (χ3v) is 2.91. The summed E-state index contributed by atoms with van der Waals surface area (Å²) in [4.78, 5) is 3.57. The Hall–Kier alpha value is -2.67. The van der Waals surface area contributed by atoms with Crippen LogP contribution in [0.15, 0.2) is 47.8 Å². The van der Waals surface area contributed by atoms with Crippen LogP contribution in [0.5, 0.6) is 0 Å². The van der Waals surface area contributed by atoms with Crippen molar-refractivity contribution in [3.8, 4) is 11.8 Å². The van der Waals surface area contributed by atoms with Crippen LogP contribution in [0.4, 0.5) is 4.39 Å². The maximum Gasteiger partial charge on any atom is 0.221 e. The average Bonchev–Trinajstić information content (AvgIpc) is 2.51. The van der Waals surface area contributed by atoms with E-state index in [-0.39, 0.29) is 5.56 Å². The first kappa shape index (κ1) is 14.7. The Kier molecular flexibility index (Phi) is 5.48. The first-order valence-corrected chi connectivity index (χ1v) is 6.65. The minimum absolute atomic E-state index is 0.119. The minimum atomic E-state index is -0.678. The van der Waals surface area contributed by atoms with Crippen molar-refractivity contribution < 1.29 is 9.60 Å².